The van der Waals surface area contributed by atoms with Gasteiger partial charge in [-0.25, -0.2) is 4.98 Å². The number of fused-ring (bicyclic) bond motifs is 1. The van der Waals surface area contributed by atoms with E-state index in [2.05, 4.69) is 34.4 Å². The van der Waals surface area contributed by atoms with Crippen LogP contribution in [0.5, 0.6) is 0 Å². The standard InChI is InChI=1S/C15H18N4OS/c1-15(2)10-19(12-6-4-3-5-11(12)18-15)9-13(20)17-14-16-7-8-21-14/h3-8,18H,9-10H2,1-2H3,(H,16,17,20). The van der Waals surface area contributed by atoms with E-state index in [0.29, 0.717) is 11.7 Å². The number of anilines is 3. The number of hydrogen-bond donors (Lipinski definition) is 2. The Morgan fingerprint density at radius 1 is 1.48 bits per heavy atom. The normalized spacial score (nSPS) is 16.0. The second kappa shape index (κ2) is 5.37. The molecule has 1 aromatic heterocycles. The fraction of sp³-hybridized carbons (Fsp3) is 0.333. The molecule has 0 saturated heterocycles. The van der Waals surface area contributed by atoms with E-state index in [4.69, 9.17) is 0 Å². The number of amides is 1. The van der Waals surface area contributed by atoms with E-state index >= 15 is 0 Å². The molecule has 21 heavy (non-hydrogen) atoms. The molecule has 0 radical (unpaired) electrons. The van der Waals surface area contributed by atoms with Gasteiger partial charge in [-0.15, -0.1) is 11.3 Å². The lowest BCUT2D eigenvalue weighted by molar-refractivity contribution is -0.115. The number of thiazole rings is 1. The summed E-state index contributed by atoms with van der Waals surface area (Å²) in [5, 5.41) is 8.82. The van der Waals surface area contributed by atoms with Crippen molar-refractivity contribution in [2.45, 2.75) is 19.4 Å². The smallest absolute Gasteiger partial charge is 0.245 e. The second-order valence-electron chi connectivity index (χ2n) is 5.77. The molecule has 1 amide bonds. The van der Waals surface area contributed by atoms with Crippen molar-refractivity contribution in [3.8, 4) is 0 Å². The zero-order valence-corrected chi connectivity index (χ0v) is 12.9. The first-order valence-corrected chi connectivity index (χ1v) is 7.73. The van der Waals surface area contributed by atoms with Gasteiger partial charge in [0.15, 0.2) is 5.13 Å². The second-order valence-corrected chi connectivity index (χ2v) is 6.66. The molecule has 2 N–H and O–H groups in total. The van der Waals surface area contributed by atoms with E-state index < -0.39 is 0 Å². The number of benzene rings is 1. The minimum absolute atomic E-state index is 0.0440. The summed E-state index contributed by atoms with van der Waals surface area (Å²) in [6, 6.07) is 8.07. The Balaban J connectivity index is 1.76. The summed E-state index contributed by atoms with van der Waals surface area (Å²) < 4.78 is 0. The molecule has 0 aliphatic carbocycles. The number of nitrogens with zero attached hydrogens (tertiary/aromatic N) is 2. The lowest BCUT2D eigenvalue weighted by Gasteiger charge is -2.41. The third-order valence-corrected chi connectivity index (χ3v) is 4.01. The predicted molar refractivity (Wildman–Crippen MR) is 87.1 cm³/mol. The van der Waals surface area contributed by atoms with Gasteiger partial charge < -0.3 is 15.5 Å². The van der Waals surface area contributed by atoms with Crippen LogP contribution in [-0.4, -0.2) is 29.5 Å². The van der Waals surface area contributed by atoms with Crippen molar-refractivity contribution in [2.24, 2.45) is 0 Å². The zero-order chi connectivity index (χ0) is 14.9. The molecule has 0 saturated carbocycles. The van der Waals surface area contributed by atoms with Gasteiger partial charge in [0.1, 0.15) is 0 Å². The number of hydrogen-bond acceptors (Lipinski definition) is 5. The number of para-hydroxylation sites is 2. The van der Waals surface area contributed by atoms with Crippen molar-refractivity contribution in [2.75, 3.05) is 28.6 Å². The van der Waals surface area contributed by atoms with Crippen molar-refractivity contribution in [3.63, 3.8) is 0 Å². The SMILES string of the molecule is CC1(C)CN(CC(=O)Nc2nccs2)c2ccccc2N1. The molecule has 0 fully saturated rings. The lowest BCUT2D eigenvalue weighted by Crippen LogP contribution is -2.50. The summed E-state index contributed by atoms with van der Waals surface area (Å²) in [5.74, 6) is -0.0440. The van der Waals surface area contributed by atoms with Gasteiger partial charge in [0, 0.05) is 23.7 Å². The van der Waals surface area contributed by atoms with Gasteiger partial charge in [-0.05, 0) is 26.0 Å². The fourth-order valence-corrected chi connectivity index (χ4v) is 3.12. The van der Waals surface area contributed by atoms with Gasteiger partial charge in [0.25, 0.3) is 0 Å². The Morgan fingerprint density at radius 2 is 2.29 bits per heavy atom. The molecule has 5 nitrogen and oxygen atoms in total. The molecular weight excluding hydrogens is 284 g/mol. The molecule has 1 aliphatic rings. The van der Waals surface area contributed by atoms with Crippen molar-refractivity contribution in [1.29, 1.82) is 0 Å². The summed E-state index contributed by atoms with van der Waals surface area (Å²) >= 11 is 1.42. The molecule has 0 atom stereocenters. The maximum atomic E-state index is 12.2. The van der Waals surface area contributed by atoms with Crippen LogP contribution >= 0.6 is 11.3 Å². The van der Waals surface area contributed by atoms with Crippen LogP contribution in [0.15, 0.2) is 35.8 Å². The van der Waals surface area contributed by atoms with Gasteiger partial charge in [-0.1, -0.05) is 12.1 Å². The van der Waals surface area contributed by atoms with E-state index in [1.807, 2.05) is 29.6 Å². The molecule has 0 bridgehead atoms. The van der Waals surface area contributed by atoms with Gasteiger partial charge >= 0.3 is 0 Å². The highest BCUT2D eigenvalue weighted by Gasteiger charge is 2.30. The first-order chi connectivity index (χ1) is 10.0. The predicted octanol–water partition coefficient (Wildman–Crippen LogP) is 2.79. The van der Waals surface area contributed by atoms with E-state index in [1.54, 1.807) is 6.20 Å². The summed E-state index contributed by atoms with van der Waals surface area (Å²) in [6.07, 6.45) is 1.68. The van der Waals surface area contributed by atoms with E-state index in [9.17, 15) is 4.79 Å². The monoisotopic (exact) mass is 302 g/mol. The number of rotatable bonds is 3. The van der Waals surface area contributed by atoms with Crippen molar-refractivity contribution in [3.05, 3.63) is 35.8 Å². The maximum Gasteiger partial charge on any atom is 0.245 e. The number of nitrogens with one attached hydrogen (secondary N) is 2. The number of carbonyl (C=O) groups is 1. The maximum absolute atomic E-state index is 12.2. The summed E-state index contributed by atoms with van der Waals surface area (Å²) in [5.41, 5.74) is 2.05. The molecule has 1 aliphatic heterocycles. The first-order valence-electron chi connectivity index (χ1n) is 6.85. The Kier molecular flexibility index (Phi) is 3.55. The van der Waals surface area contributed by atoms with E-state index in [-0.39, 0.29) is 11.4 Å². The van der Waals surface area contributed by atoms with Gasteiger partial charge in [0.2, 0.25) is 5.91 Å². The van der Waals surface area contributed by atoms with Gasteiger partial charge in [0.05, 0.1) is 17.9 Å². The Hall–Kier alpha value is -2.08. The van der Waals surface area contributed by atoms with E-state index in [0.717, 1.165) is 17.9 Å². The van der Waals surface area contributed by atoms with E-state index in [1.165, 1.54) is 11.3 Å². The largest absolute Gasteiger partial charge is 0.377 e. The molecule has 6 heteroatoms. The highest BCUT2D eigenvalue weighted by Crippen LogP contribution is 2.33. The fourth-order valence-electron chi connectivity index (χ4n) is 2.58. The average molecular weight is 302 g/mol. The molecule has 3 rings (SSSR count). The van der Waals surface area contributed by atoms with Crippen LogP contribution in [0, 0.1) is 0 Å². The van der Waals surface area contributed by atoms with Gasteiger partial charge in [-0.2, -0.15) is 0 Å². The lowest BCUT2D eigenvalue weighted by atomic mass is 9.99. The Morgan fingerprint density at radius 3 is 3.05 bits per heavy atom. The van der Waals surface area contributed by atoms with Crippen molar-refractivity contribution >= 4 is 33.8 Å². The first kappa shape index (κ1) is 13.9. The van der Waals surface area contributed by atoms with Crippen molar-refractivity contribution < 1.29 is 4.79 Å². The number of carbonyl (C=O) groups excluding carboxylic acids is 1. The van der Waals surface area contributed by atoms with Gasteiger partial charge in [-0.3, -0.25) is 4.79 Å². The van der Waals surface area contributed by atoms with Crippen LogP contribution in [0.1, 0.15) is 13.8 Å². The van der Waals surface area contributed by atoms with Crippen LogP contribution in [0.25, 0.3) is 0 Å². The molecule has 0 unspecified atom stereocenters. The summed E-state index contributed by atoms with van der Waals surface area (Å²) in [6.45, 7) is 5.36. The highest BCUT2D eigenvalue weighted by atomic mass is 32.1. The van der Waals surface area contributed by atoms with Crippen LogP contribution in [-0.2, 0) is 4.79 Å². The third kappa shape index (κ3) is 3.16. The summed E-state index contributed by atoms with van der Waals surface area (Å²) in [7, 11) is 0. The molecule has 1 aromatic carbocycles. The molecule has 0 spiro atoms. The highest BCUT2D eigenvalue weighted by molar-refractivity contribution is 7.13. The molecule has 2 heterocycles. The molecular formula is C15H18N4OS. The minimum Gasteiger partial charge on any atom is -0.377 e. The van der Waals surface area contributed by atoms with Crippen molar-refractivity contribution in [1.82, 2.24) is 4.98 Å². The Bertz CT molecular complexity index is 639. The molecule has 2 aromatic rings. The summed E-state index contributed by atoms with van der Waals surface area (Å²) in [4.78, 5) is 18.4. The topological polar surface area (TPSA) is 57.3 Å². The quantitative estimate of drug-likeness (QED) is 0.915. The third-order valence-electron chi connectivity index (χ3n) is 3.32. The van der Waals surface area contributed by atoms with Crippen LogP contribution in [0.3, 0.4) is 0 Å². The minimum atomic E-state index is -0.0736. The average Bonchev–Trinajstić information content (AvgIpc) is 2.90. The van der Waals surface area contributed by atoms with Crippen LogP contribution in [0.2, 0.25) is 0 Å². The zero-order valence-electron chi connectivity index (χ0n) is 12.1. The molecule has 110 valence electrons. The Labute approximate surface area is 128 Å². The number of aromatic nitrogens is 1. The van der Waals surface area contributed by atoms with Crippen LogP contribution in [0.4, 0.5) is 16.5 Å². The van der Waals surface area contributed by atoms with Crippen LogP contribution < -0.4 is 15.5 Å².